The average molecular weight is 328 g/mol. The number of oxazole rings is 1. The Hall–Kier alpha value is -2.63. The maximum absolute atomic E-state index is 12.2. The fraction of sp³-hybridized carbons (Fsp3) is 0.389. The van der Waals surface area contributed by atoms with Crippen molar-refractivity contribution >= 4 is 11.9 Å². The molecule has 1 aliphatic rings. The van der Waals surface area contributed by atoms with Crippen molar-refractivity contribution in [1.29, 1.82) is 0 Å². The summed E-state index contributed by atoms with van der Waals surface area (Å²) in [7, 11) is 0. The van der Waals surface area contributed by atoms with E-state index < -0.39 is 5.97 Å². The van der Waals surface area contributed by atoms with E-state index in [-0.39, 0.29) is 24.9 Å². The highest BCUT2D eigenvalue weighted by Gasteiger charge is 2.33. The molecule has 1 amide bonds. The molecule has 0 radical (unpaired) electrons. The SMILES string of the molecule is Cc1ccc(-c2cnc(CCC(=O)N(CC(=O)O)C3CC3)o2)cc1. The Balaban J connectivity index is 1.59. The molecular formula is C18H20N2O4. The number of hydrogen-bond donors (Lipinski definition) is 1. The first-order chi connectivity index (χ1) is 11.5. The molecule has 126 valence electrons. The highest BCUT2D eigenvalue weighted by molar-refractivity contribution is 5.82. The summed E-state index contributed by atoms with van der Waals surface area (Å²) >= 11 is 0. The number of rotatable bonds is 7. The summed E-state index contributed by atoms with van der Waals surface area (Å²) in [6.45, 7) is 1.79. The van der Waals surface area contributed by atoms with Crippen molar-refractivity contribution in [2.75, 3.05) is 6.54 Å². The van der Waals surface area contributed by atoms with Gasteiger partial charge in [0.25, 0.3) is 0 Å². The van der Waals surface area contributed by atoms with Gasteiger partial charge in [-0.15, -0.1) is 0 Å². The van der Waals surface area contributed by atoms with Crippen LogP contribution in [0.25, 0.3) is 11.3 Å². The maximum Gasteiger partial charge on any atom is 0.323 e. The van der Waals surface area contributed by atoms with E-state index >= 15 is 0 Å². The minimum Gasteiger partial charge on any atom is -0.480 e. The first-order valence-electron chi connectivity index (χ1n) is 8.06. The minimum absolute atomic E-state index is 0.0845. The second kappa shape index (κ2) is 6.86. The first kappa shape index (κ1) is 16.2. The summed E-state index contributed by atoms with van der Waals surface area (Å²) in [5, 5.41) is 8.92. The van der Waals surface area contributed by atoms with Gasteiger partial charge >= 0.3 is 5.97 Å². The minimum atomic E-state index is -0.979. The Bertz CT molecular complexity index is 732. The quantitative estimate of drug-likeness (QED) is 0.845. The van der Waals surface area contributed by atoms with E-state index in [0.29, 0.717) is 18.1 Å². The number of carbonyl (C=O) groups is 2. The van der Waals surface area contributed by atoms with Crippen molar-refractivity contribution in [3.8, 4) is 11.3 Å². The molecule has 1 aliphatic carbocycles. The lowest BCUT2D eigenvalue weighted by molar-refractivity contribution is -0.144. The average Bonchev–Trinajstić information content (AvgIpc) is 3.29. The van der Waals surface area contributed by atoms with E-state index in [1.54, 1.807) is 6.20 Å². The Morgan fingerprint density at radius 3 is 2.62 bits per heavy atom. The molecule has 0 bridgehead atoms. The van der Waals surface area contributed by atoms with E-state index in [1.807, 2.05) is 31.2 Å². The third kappa shape index (κ3) is 4.01. The highest BCUT2D eigenvalue weighted by atomic mass is 16.4. The van der Waals surface area contributed by atoms with Crippen molar-refractivity contribution in [3.05, 3.63) is 41.9 Å². The molecule has 1 heterocycles. The van der Waals surface area contributed by atoms with Gasteiger partial charge in [0, 0.05) is 24.4 Å². The zero-order valence-electron chi connectivity index (χ0n) is 13.6. The third-order valence-corrected chi connectivity index (χ3v) is 4.06. The van der Waals surface area contributed by atoms with Crippen LogP contribution in [0, 0.1) is 6.92 Å². The predicted octanol–water partition coefficient (Wildman–Crippen LogP) is 2.66. The molecule has 1 saturated carbocycles. The van der Waals surface area contributed by atoms with Gasteiger partial charge in [0.2, 0.25) is 5.91 Å². The Morgan fingerprint density at radius 1 is 1.29 bits per heavy atom. The monoisotopic (exact) mass is 328 g/mol. The number of aliphatic carboxylic acids is 1. The molecule has 0 unspecified atom stereocenters. The number of nitrogens with zero attached hydrogens (tertiary/aromatic N) is 2. The number of carboxylic acids is 1. The number of aryl methyl sites for hydroxylation is 2. The van der Waals surface area contributed by atoms with Crippen LogP contribution >= 0.6 is 0 Å². The van der Waals surface area contributed by atoms with Crippen LogP contribution in [0.3, 0.4) is 0 Å². The lowest BCUT2D eigenvalue weighted by Gasteiger charge is -2.19. The van der Waals surface area contributed by atoms with Gasteiger partial charge in [0.1, 0.15) is 6.54 Å². The molecule has 2 aromatic rings. The fourth-order valence-electron chi connectivity index (χ4n) is 2.59. The maximum atomic E-state index is 12.2. The van der Waals surface area contributed by atoms with Crippen LogP contribution in [-0.4, -0.2) is 39.5 Å². The summed E-state index contributed by atoms with van der Waals surface area (Å²) in [4.78, 5) is 28.8. The fourth-order valence-corrected chi connectivity index (χ4v) is 2.59. The summed E-state index contributed by atoms with van der Waals surface area (Å²) in [6.07, 6.45) is 4.00. The van der Waals surface area contributed by atoms with Crippen molar-refractivity contribution < 1.29 is 19.1 Å². The molecule has 24 heavy (non-hydrogen) atoms. The van der Waals surface area contributed by atoms with E-state index in [0.717, 1.165) is 18.4 Å². The Morgan fingerprint density at radius 2 is 2.00 bits per heavy atom. The van der Waals surface area contributed by atoms with Crippen LogP contribution in [-0.2, 0) is 16.0 Å². The van der Waals surface area contributed by atoms with E-state index in [4.69, 9.17) is 9.52 Å². The van der Waals surface area contributed by atoms with Crippen molar-refractivity contribution in [2.24, 2.45) is 0 Å². The standard InChI is InChI=1S/C18H20N2O4/c1-12-2-4-13(5-3-12)15-10-19-16(24-15)8-9-17(21)20(11-18(22)23)14-6-7-14/h2-5,10,14H,6-9,11H2,1H3,(H,22,23). The van der Waals surface area contributed by atoms with Crippen molar-refractivity contribution in [1.82, 2.24) is 9.88 Å². The second-order valence-corrected chi connectivity index (χ2v) is 6.13. The summed E-state index contributed by atoms with van der Waals surface area (Å²) in [5.74, 6) is 0.0232. The van der Waals surface area contributed by atoms with Crippen LogP contribution in [0.15, 0.2) is 34.9 Å². The number of amides is 1. The van der Waals surface area contributed by atoms with Gasteiger partial charge in [-0.2, -0.15) is 0 Å². The van der Waals surface area contributed by atoms with Gasteiger partial charge in [-0.1, -0.05) is 29.8 Å². The molecule has 1 fully saturated rings. The molecule has 6 nitrogen and oxygen atoms in total. The van der Waals surface area contributed by atoms with E-state index in [1.165, 1.54) is 10.5 Å². The van der Waals surface area contributed by atoms with E-state index in [9.17, 15) is 9.59 Å². The predicted molar refractivity (Wildman–Crippen MR) is 87.4 cm³/mol. The zero-order valence-corrected chi connectivity index (χ0v) is 13.6. The van der Waals surface area contributed by atoms with Gasteiger partial charge in [-0.25, -0.2) is 4.98 Å². The van der Waals surface area contributed by atoms with Gasteiger partial charge < -0.3 is 14.4 Å². The Labute approximate surface area is 140 Å². The molecule has 0 saturated heterocycles. The van der Waals surface area contributed by atoms with Crippen molar-refractivity contribution in [3.63, 3.8) is 0 Å². The van der Waals surface area contributed by atoms with Crippen LogP contribution in [0.1, 0.15) is 30.7 Å². The highest BCUT2D eigenvalue weighted by Crippen LogP contribution is 2.27. The van der Waals surface area contributed by atoms with Crippen LogP contribution in [0.2, 0.25) is 0 Å². The van der Waals surface area contributed by atoms with Crippen molar-refractivity contribution in [2.45, 2.75) is 38.6 Å². The van der Waals surface area contributed by atoms with Crippen LogP contribution < -0.4 is 0 Å². The first-order valence-corrected chi connectivity index (χ1v) is 8.06. The number of hydrogen-bond acceptors (Lipinski definition) is 4. The summed E-state index contributed by atoms with van der Waals surface area (Å²) in [6, 6.07) is 8.01. The lowest BCUT2D eigenvalue weighted by atomic mass is 10.1. The lowest BCUT2D eigenvalue weighted by Crippen LogP contribution is -2.37. The molecule has 3 rings (SSSR count). The molecule has 1 aromatic heterocycles. The second-order valence-electron chi connectivity index (χ2n) is 6.13. The van der Waals surface area contributed by atoms with Gasteiger partial charge in [0.05, 0.1) is 6.20 Å². The van der Waals surface area contributed by atoms with E-state index in [2.05, 4.69) is 4.98 Å². The van der Waals surface area contributed by atoms with Crippen LogP contribution in [0.5, 0.6) is 0 Å². The molecular weight excluding hydrogens is 308 g/mol. The number of carbonyl (C=O) groups excluding carboxylic acids is 1. The summed E-state index contributed by atoms with van der Waals surface area (Å²) in [5.41, 5.74) is 2.11. The zero-order chi connectivity index (χ0) is 17.1. The molecule has 1 aromatic carbocycles. The normalized spacial score (nSPS) is 13.7. The number of aromatic nitrogens is 1. The topological polar surface area (TPSA) is 83.6 Å². The molecule has 0 aliphatic heterocycles. The molecule has 0 spiro atoms. The van der Waals surface area contributed by atoms with Gasteiger partial charge in [0.15, 0.2) is 11.7 Å². The summed E-state index contributed by atoms with van der Waals surface area (Å²) < 4.78 is 5.70. The number of carboxylic acid groups (broad SMARTS) is 1. The third-order valence-electron chi connectivity index (χ3n) is 4.06. The number of benzene rings is 1. The molecule has 1 N–H and O–H groups in total. The molecule has 0 atom stereocenters. The largest absolute Gasteiger partial charge is 0.480 e. The van der Waals surface area contributed by atoms with Gasteiger partial charge in [-0.05, 0) is 19.8 Å². The van der Waals surface area contributed by atoms with Gasteiger partial charge in [-0.3, -0.25) is 9.59 Å². The van der Waals surface area contributed by atoms with Crippen LogP contribution in [0.4, 0.5) is 0 Å². The molecule has 6 heteroatoms. The Kier molecular flexibility index (Phi) is 4.64. The smallest absolute Gasteiger partial charge is 0.323 e.